The molecule has 2 N–H and O–H groups in total. The van der Waals surface area contributed by atoms with Crippen molar-refractivity contribution in [2.45, 2.75) is 6.54 Å². The summed E-state index contributed by atoms with van der Waals surface area (Å²) in [6.07, 6.45) is 0. The van der Waals surface area contributed by atoms with Crippen molar-refractivity contribution in [1.82, 2.24) is 9.80 Å². The molecule has 0 bridgehead atoms. The van der Waals surface area contributed by atoms with E-state index < -0.39 is 5.97 Å². The topological polar surface area (TPSA) is 75.9 Å². The van der Waals surface area contributed by atoms with Gasteiger partial charge in [0.05, 0.1) is 5.56 Å². The minimum atomic E-state index is -0.634. The monoisotopic (exact) mass is 449 g/mol. The molecule has 28 heavy (non-hydrogen) atoms. The number of piperazine rings is 1. The van der Waals surface area contributed by atoms with Gasteiger partial charge >= 0.3 is 5.97 Å². The Hall–Kier alpha value is -2.45. The second-order valence-corrected chi connectivity index (χ2v) is 7.47. The maximum absolute atomic E-state index is 13.8. The Labute approximate surface area is 171 Å². The van der Waals surface area contributed by atoms with E-state index >= 15 is 0 Å². The number of nitrogens with zero attached hydrogens (tertiary/aromatic N) is 2. The molecule has 1 heterocycles. The summed E-state index contributed by atoms with van der Waals surface area (Å²) in [6.45, 7) is 2.44. The maximum Gasteiger partial charge on any atom is 0.340 e. The van der Waals surface area contributed by atoms with Gasteiger partial charge in [0.15, 0.2) is 6.61 Å². The van der Waals surface area contributed by atoms with Crippen molar-refractivity contribution in [1.29, 1.82) is 0 Å². The van der Waals surface area contributed by atoms with Gasteiger partial charge in [0.1, 0.15) is 5.82 Å². The van der Waals surface area contributed by atoms with E-state index in [9.17, 15) is 14.0 Å². The predicted octanol–water partition coefficient (Wildman–Crippen LogP) is 2.67. The van der Waals surface area contributed by atoms with E-state index in [-0.39, 0.29) is 23.9 Å². The van der Waals surface area contributed by atoms with Gasteiger partial charge in [-0.2, -0.15) is 0 Å². The zero-order valence-electron chi connectivity index (χ0n) is 15.2. The first-order chi connectivity index (χ1) is 13.4. The van der Waals surface area contributed by atoms with Gasteiger partial charge in [0, 0.05) is 48.4 Å². The molecule has 0 spiro atoms. The van der Waals surface area contributed by atoms with E-state index in [4.69, 9.17) is 10.5 Å². The third-order valence-corrected chi connectivity index (χ3v) is 5.13. The Morgan fingerprint density at radius 3 is 2.54 bits per heavy atom. The number of carbonyl (C=O) groups excluding carboxylic acids is 2. The number of rotatable bonds is 5. The van der Waals surface area contributed by atoms with Crippen LogP contribution < -0.4 is 5.73 Å². The fraction of sp³-hybridized carbons (Fsp3) is 0.300. The second kappa shape index (κ2) is 9.16. The molecule has 0 atom stereocenters. The first-order valence-electron chi connectivity index (χ1n) is 8.89. The van der Waals surface area contributed by atoms with E-state index in [2.05, 4.69) is 20.8 Å². The first kappa shape index (κ1) is 20.3. The predicted molar refractivity (Wildman–Crippen MR) is 107 cm³/mol. The van der Waals surface area contributed by atoms with Gasteiger partial charge < -0.3 is 15.4 Å². The smallest absolute Gasteiger partial charge is 0.340 e. The lowest BCUT2D eigenvalue weighted by Crippen LogP contribution is -2.49. The fourth-order valence-corrected chi connectivity index (χ4v) is 3.39. The Morgan fingerprint density at radius 2 is 1.82 bits per heavy atom. The van der Waals surface area contributed by atoms with Gasteiger partial charge in [-0.05, 0) is 24.3 Å². The summed E-state index contributed by atoms with van der Waals surface area (Å²) in [7, 11) is 0. The van der Waals surface area contributed by atoms with E-state index in [0.717, 1.165) is 0 Å². The summed E-state index contributed by atoms with van der Waals surface area (Å²) in [4.78, 5) is 28.2. The van der Waals surface area contributed by atoms with Gasteiger partial charge in [-0.25, -0.2) is 9.18 Å². The van der Waals surface area contributed by atoms with Gasteiger partial charge in [0.2, 0.25) is 0 Å². The van der Waals surface area contributed by atoms with Crippen molar-refractivity contribution >= 4 is 33.5 Å². The molecular formula is C20H21BrFN3O3. The van der Waals surface area contributed by atoms with Crippen LogP contribution in [-0.4, -0.2) is 54.5 Å². The minimum absolute atomic E-state index is 0.219. The molecule has 6 nitrogen and oxygen atoms in total. The molecular weight excluding hydrogens is 429 g/mol. The molecule has 2 aromatic carbocycles. The molecule has 0 aromatic heterocycles. The quantitative estimate of drug-likeness (QED) is 0.560. The zero-order chi connectivity index (χ0) is 20.1. The molecule has 8 heteroatoms. The van der Waals surface area contributed by atoms with Crippen molar-refractivity contribution in [3.8, 4) is 0 Å². The minimum Gasteiger partial charge on any atom is -0.452 e. The van der Waals surface area contributed by atoms with Crippen LogP contribution in [0.4, 0.5) is 10.1 Å². The number of anilines is 1. The summed E-state index contributed by atoms with van der Waals surface area (Å²) < 4.78 is 19.6. The number of benzene rings is 2. The van der Waals surface area contributed by atoms with Crippen LogP contribution in [0, 0.1) is 5.82 Å². The van der Waals surface area contributed by atoms with Crippen LogP contribution in [0.1, 0.15) is 15.9 Å². The van der Waals surface area contributed by atoms with Crippen LogP contribution in [0.15, 0.2) is 46.9 Å². The number of esters is 1. The summed E-state index contributed by atoms with van der Waals surface area (Å²) in [5, 5.41) is 0. The zero-order valence-corrected chi connectivity index (χ0v) is 16.8. The van der Waals surface area contributed by atoms with Gasteiger partial charge in [-0.3, -0.25) is 9.69 Å². The van der Waals surface area contributed by atoms with Gasteiger partial charge in [-0.15, -0.1) is 0 Å². The van der Waals surface area contributed by atoms with Crippen LogP contribution in [0.25, 0.3) is 0 Å². The Balaban J connectivity index is 1.47. The molecule has 1 amide bonds. The number of amides is 1. The number of hydrogen-bond donors (Lipinski definition) is 1. The van der Waals surface area contributed by atoms with Crippen LogP contribution in [0.5, 0.6) is 0 Å². The molecule has 2 aromatic rings. The maximum atomic E-state index is 13.8. The fourth-order valence-electron chi connectivity index (χ4n) is 3.02. The van der Waals surface area contributed by atoms with Crippen molar-refractivity contribution in [3.05, 3.63) is 63.9 Å². The van der Waals surface area contributed by atoms with Crippen molar-refractivity contribution < 1.29 is 18.7 Å². The lowest BCUT2D eigenvalue weighted by atomic mass is 10.2. The Bertz CT molecular complexity index is 870. The lowest BCUT2D eigenvalue weighted by Gasteiger charge is -2.34. The van der Waals surface area contributed by atoms with Gasteiger partial charge in [0.25, 0.3) is 5.91 Å². The molecule has 0 radical (unpaired) electrons. The molecule has 1 aliphatic rings. The largest absolute Gasteiger partial charge is 0.452 e. The average molecular weight is 450 g/mol. The molecule has 1 fully saturated rings. The highest BCUT2D eigenvalue weighted by atomic mass is 79.9. The van der Waals surface area contributed by atoms with E-state index in [1.54, 1.807) is 35.2 Å². The number of halogens is 2. The van der Waals surface area contributed by atoms with Gasteiger partial charge in [-0.1, -0.05) is 34.1 Å². The second-order valence-electron chi connectivity index (χ2n) is 6.56. The number of ether oxygens (including phenoxy) is 1. The lowest BCUT2D eigenvalue weighted by molar-refractivity contribution is -0.136. The average Bonchev–Trinajstić information content (AvgIpc) is 2.70. The highest BCUT2D eigenvalue weighted by Crippen LogP contribution is 2.19. The number of nitrogens with two attached hydrogens (primary N) is 1. The molecule has 0 saturated carbocycles. The molecule has 1 aliphatic heterocycles. The highest BCUT2D eigenvalue weighted by molar-refractivity contribution is 9.10. The van der Waals surface area contributed by atoms with E-state index in [1.807, 2.05) is 6.07 Å². The van der Waals surface area contributed by atoms with Crippen LogP contribution in [0.3, 0.4) is 0 Å². The van der Waals surface area contributed by atoms with Crippen molar-refractivity contribution in [2.75, 3.05) is 38.5 Å². The van der Waals surface area contributed by atoms with E-state index in [1.165, 1.54) is 6.07 Å². The third kappa shape index (κ3) is 5.08. The molecule has 3 rings (SSSR count). The van der Waals surface area contributed by atoms with E-state index in [0.29, 0.717) is 48.4 Å². The standard InChI is InChI=1S/C20H21BrFN3O3/c21-15-5-6-18(23)16(11-15)20(27)28-13-19(26)25-9-7-24(8-10-25)12-14-3-1-2-4-17(14)22/h1-6,11H,7-10,12-13,23H2. The number of nitrogen functional groups attached to an aromatic ring is 1. The molecule has 0 aliphatic carbocycles. The van der Waals surface area contributed by atoms with Crippen LogP contribution in [0.2, 0.25) is 0 Å². The summed E-state index contributed by atoms with van der Waals surface area (Å²) >= 11 is 3.27. The molecule has 148 valence electrons. The molecule has 1 saturated heterocycles. The Morgan fingerprint density at radius 1 is 1.11 bits per heavy atom. The Kier molecular flexibility index (Phi) is 6.64. The SMILES string of the molecule is Nc1ccc(Br)cc1C(=O)OCC(=O)N1CCN(Cc2ccccc2F)CC1. The van der Waals surface area contributed by atoms with Crippen molar-refractivity contribution in [2.24, 2.45) is 0 Å². The summed E-state index contributed by atoms with van der Waals surface area (Å²) in [5.41, 5.74) is 6.93. The highest BCUT2D eigenvalue weighted by Gasteiger charge is 2.23. The van der Waals surface area contributed by atoms with Crippen LogP contribution >= 0.6 is 15.9 Å². The first-order valence-corrected chi connectivity index (χ1v) is 9.69. The molecule has 0 unspecified atom stereocenters. The third-order valence-electron chi connectivity index (χ3n) is 4.64. The van der Waals surface area contributed by atoms with Crippen molar-refractivity contribution in [3.63, 3.8) is 0 Å². The summed E-state index contributed by atoms with van der Waals surface area (Å²) in [5.74, 6) is -1.11. The number of hydrogen-bond acceptors (Lipinski definition) is 5. The normalized spacial score (nSPS) is 14.7. The number of carbonyl (C=O) groups is 2. The summed E-state index contributed by atoms with van der Waals surface area (Å²) in [6, 6.07) is 11.6. The van der Waals surface area contributed by atoms with Crippen LogP contribution in [-0.2, 0) is 16.1 Å².